The number of carbonyl (C=O) groups excluding carboxylic acids is 1. The van der Waals surface area contributed by atoms with Gasteiger partial charge in [0.2, 0.25) is 10.2 Å². The van der Waals surface area contributed by atoms with Gasteiger partial charge in [0, 0.05) is 12.3 Å². The monoisotopic (exact) mass is 401 g/mol. The van der Waals surface area contributed by atoms with Crippen LogP contribution < -0.4 is 5.32 Å². The number of nitrogens with one attached hydrogen (secondary N) is 1. The summed E-state index contributed by atoms with van der Waals surface area (Å²) in [5.74, 6) is 2.14. The van der Waals surface area contributed by atoms with E-state index in [2.05, 4.69) is 23.5 Å². The standard InChI is InChI=1S/C17H27Cl4NO/c1-3-4-5-6-7-8-9-10-11-12-17(21,22-15(2)23)16(19,20)13-14-18/h3-12H2,1-2H3,(H,22,23). The molecule has 134 valence electrons. The minimum atomic E-state index is -1.64. The molecule has 0 aromatic carbocycles. The van der Waals surface area contributed by atoms with E-state index in [1.807, 2.05) is 0 Å². The average Bonchev–Trinajstić information content (AvgIpc) is 2.44. The Labute approximate surface area is 161 Å². The largest absolute Gasteiger partial charge is 0.334 e. The van der Waals surface area contributed by atoms with Crippen LogP contribution in [0, 0.1) is 11.3 Å². The molecular weight excluding hydrogens is 376 g/mol. The van der Waals surface area contributed by atoms with Crippen molar-refractivity contribution in [2.24, 2.45) is 0 Å². The summed E-state index contributed by atoms with van der Waals surface area (Å²) in [7, 11) is 0. The van der Waals surface area contributed by atoms with Gasteiger partial charge in [0.05, 0.1) is 0 Å². The SMILES string of the molecule is CCCCCCCCCCCC(Cl)(NC(C)=O)C(Cl)(Cl)C#CCl. The number of amides is 1. The highest BCUT2D eigenvalue weighted by molar-refractivity contribution is 6.56. The molecule has 0 aromatic heterocycles. The fraction of sp³-hybridized carbons (Fsp3) is 0.824. The summed E-state index contributed by atoms with van der Waals surface area (Å²) in [6, 6.07) is 0. The second-order valence-electron chi connectivity index (χ2n) is 5.85. The van der Waals surface area contributed by atoms with Crippen molar-refractivity contribution in [3.63, 3.8) is 0 Å². The van der Waals surface area contributed by atoms with Crippen molar-refractivity contribution in [2.75, 3.05) is 0 Å². The van der Waals surface area contributed by atoms with Gasteiger partial charge in [-0.1, -0.05) is 93.1 Å². The Kier molecular flexibility index (Phi) is 12.6. The van der Waals surface area contributed by atoms with Gasteiger partial charge in [-0.2, -0.15) is 0 Å². The molecule has 1 atom stereocenters. The third-order valence-corrected chi connectivity index (χ3v) is 5.39. The molecule has 2 nitrogen and oxygen atoms in total. The summed E-state index contributed by atoms with van der Waals surface area (Å²) >= 11 is 24.1. The Balaban J connectivity index is 4.21. The lowest BCUT2D eigenvalue weighted by molar-refractivity contribution is -0.120. The van der Waals surface area contributed by atoms with Crippen molar-refractivity contribution >= 4 is 52.3 Å². The van der Waals surface area contributed by atoms with Gasteiger partial charge in [0.15, 0.2) is 5.00 Å². The van der Waals surface area contributed by atoms with Gasteiger partial charge >= 0.3 is 0 Å². The third-order valence-electron chi connectivity index (χ3n) is 3.70. The van der Waals surface area contributed by atoms with Crippen LogP contribution in [0.5, 0.6) is 0 Å². The molecule has 6 heteroatoms. The van der Waals surface area contributed by atoms with Crippen LogP contribution in [0.2, 0.25) is 0 Å². The van der Waals surface area contributed by atoms with E-state index in [0.29, 0.717) is 6.42 Å². The molecule has 1 N–H and O–H groups in total. The maximum absolute atomic E-state index is 11.4. The van der Waals surface area contributed by atoms with Gasteiger partial charge in [-0.15, -0.1) is 0 Å². The molecule has 0 saturated heterocycles. The van der Waals surface area contributed by atoms with Crippen LogP contribution in [0.15, 0.2) is 0 Å². The van der Waals surface area contributed by atoms with Crippen LogP contribution in [-0.2, 0) is 4.79 Å². The smallest absolute Gasteiger partial charge is 0.218 e. The van der Waals surface area contributed by atoms with Crippen molar-refractivity contribution in [1.82, 2.24) is 5.32 Å². The number of rotatable bonds is 12. The van der Waals surface area contributed by atoms with Crippen molar-refractivity contribution in [1.29, 1.82) is 0 Å². The molecule has 0 aliphatic carbocycles. The van der Waals surface area contributed by atoms with Gasteiger partial charge in [-0.05, 0) is 30.4 Å². The molecule has 0 aliphatic rings. The lowest BCUT2D eigenvalue weighted by Crippen LogP contribution is -2.54. The minimum Gasteiger partial charge on any atom is -0.334 e. The van der Waals surface area contributed by atoms with Gasteiger partial charge in [-0.3, -0.25) is 4.79 Å². The van der Waals surface area contributed by atoms with Crippen LogP contribution in [0.1, 0.15) is 78.1 Å². The van der Waals surface area contributed by atoms with E-state index in [-0.39, 0.29) is 5.91 Å². The van der Waals surface area contributed by atoms with Crippen molar-refractivity contribution in [2.45, 2.75) is 87.4 Å². The van der Waals surface area contributed by atoms with E-state index in [1.54, 1.807) is 0 Å². The molecule has 0 aromatic rings. The lowest BCUT2D eigenvalue weighted by Gasteiger charge is -2.35. The lowest BCUT2D eigenvalue weighted by atomic mass is 10.0. The predicted octanol–water partition coefficient (Wildman–Crippen LogP) is 6.35. The summed E-state index contributed by atoms with van der Waals surface area (Å²) in [6.45, 7) is 3.58. The fourth-order valence-electron chi connectivity index (χ4n) is 2.41. The minimum absolute atomic E-state index is 0.307. The molecule has 0 bridgehead atoms. The zero-order valence-electron chi connectivity index (χ0n) is 14.0. The van der Waals surface area contributed by atoms with Gasteiger partial charge in [0.25, 0.3) is 0 Å². The van der Waals surface area contributed by atoms with Crippen LogP contribution in [0.4, 0.5) is 0 Å². The normalized spacial score (nSPS) is 13.8. The number of unbranched alkanes of at least 4 members (excludes halogenated alkanes) is 8. The summed E-state index contributed by atoms with van der Waals surface area (Å²) in [4.78, 5) is 10.0. The molecular formula is C17H27Cl4NO. The number of hydrogen-bond acceptors (Lipinski definition) is 1. The molecule has 0 heterocycles. The highest BCUT2D eigenvalue weighted by atomic mass is 35.5. The van der Waals surface area contributed by atoms with Crippen molar-refractivity contribution < 1.29 is 4.79 Å². The van der Waals surface area contributed by atoms with Crippen molar-refractivity contribution in [3.05, 3.63) is 0 Å². The Hall–Kier alpha value is 0.190. The first-order chi connectivity index (χ1) is 10.8. The second-order valence-corrected chi connectivity index (χ2v) is 8.02. The molecule has 0 fully saturated rings. The first-order valence-corrected chi connectivity index (χ1v) is 9.78. The quantitative estimate of drug-likeness (QED) is 0.175. The highest BCUT2D eigenvalue weighted by Gasteiger charge is 2.47. The maximum Gasteiger partial charge on any atom is 0.218 e. The third kappa shape index (κ3) is 9.92. The summed E-state index contributed by atoms with van der Waals surface area (Å²) in [5.41, 5.74) is 0. The maximum atomic E-state index is 11.4. The number of hydrogen-bond donors (Lipinski definition) is 1. The van der Waals surface area contributed by atoms with E-state index in [0.717, 1.165) is 19.3 Å². The Bertz CT molecular complexity index is 403. The van der Waals surface area contributed by atoms with Crippen LogP contribution >= 0.6 is 46.4 Å². The molecule has 0 saturated carbocycles. The Morgan fingerprint density at radius 3 is 1.87 bits per heavy atom. The van der Waals surface area contributed by atoms with E-state index in [1.165, 1.54) is 45.4 Å². The van der Waals surface area contributed by atoms with Crippen LogP contribution in [0.3, 0.4) is 0 Å². The van der Waals surface area contributed by atoms with Crippen LogP contribution in [-0.4, -0.2) is 15.2 Å². The molecule has 0 radical (unpaired) electrons. The molecule has 0 aliphatic heterocycles. The Morgan fingerprint density at radius 1 is 0.957 bits per heavy atom. The van der Waals surface area contributed by atoms with E-state index in [4.69, 9.17) is 46.4 Å². The van der Waals surface area contributed by atoms with E-state index in [9.17, 15) is 4.79 Å². The van der Waals surface area contributed by atoms with Gasteiger partial charge in [0.1, 0.15) is 0 Å². The molecule has 1 unspecified atom stereocenters. The first-order valence-electron chi connectivity index (χ1n) is 8.27. The predicted molar refractivity (Wildman–Crippen MR) is 102 cm³/mol. The average molecular weight is 403 g/mol. The number of alkyl halides is 3. The fourth-order valence-corrected chi connectivity index (χ4v) is 3.35. The summed E-state index contributed by atoms with van der Waals surface area (Å²) in [6.07, 6.45) is 11.1. The zero-order chi connectivity index (χ0) is 17.8. The zero-order valence-corrected chi connectivity index (χ0v) is 17.0. The highest BCUT2D eigenvalue weighted by Crippen LogP contribution is 2.40. The topological polar surface area (TPSA) is 29.1 Å². The van der Waals surface area contributed by atoms with Crippen LogP contribution in [0.25, 0.3) is 0 Å². The van der Waals surface area contributed by atoms with E-state index < -0.39 is 9.33 Å². The molecule has 23 heavy (non-hydrogen) atoms. The Morgan fingerprint density at radius 2 is 1.43 bits per heavy atom. The van der Waals surface area contributed by atoms with E-state index >= 15 is 0 Å². The molecule has 0 spiro atoms. The van der Waals surface area contributed by atoms with Crippen molar-refractivity contribution in [3.8, 4) is 11.3 Å². The summed E-state index contributed by atoms with van der Waals surface area (Å²) in [5, 5.41) is 4.75. The molecule has 1 amide bonds. The van der Waals surface area contributed by atoms with Gasteiger partial charge < -0.3 is 5.32 Å². The first kappa shape index (κ1) is 23.2. The van der Waals surface area contributed by atoms with Gasteiger partial charge in [-0.25, -0.2) is 0 Å². The number of carbonyl (C=O) groups is 1. The number of halogens is 4. The molecule has 0 rings (SSSR count). The second kappa shape index (κ2) is 12.5. The summed E-state index contributed by atoms with van der Waals surface area (Å²) < 4.78 is -1.64.